The van der Waals surface area contributed by atoms with E-state index in [4.69, 9.17) is 15.9 Å². The minimum Gasteiger partial charge on any atom is -0.486 e. The first kappa shape index (κ1) is 14.6. The molecule has 0 aromatic heterocycles. The average molecular weight is 291 g/mol. The van der Waals surface area contributed by atoms with Crippen molar-refractivity contribution in [1.82, 2.24) is 5.32 Å². The molecule has 1 N–H and O–H groups in total. The maximum absolute atomic E-state index is 10.8. The first-order valence-electron chi connectivity index (χ1n) is 6.43. The van der Waals surface area contributed by atoms with Crippen molar-refractivity contribution in [2.45, 2.75) is 24.3 Å². The second kappa shape index (κ2) is 7.11. The van der Waals surface area contributed by atoms with Gasteiger partial charge >= 0.3 is 0 Å². The standard InChI is InChI=1S/C15H17NO3S/c1-3-8-20-13-4-5-14-15(9-13)19-12(10-18-14)6-7-16-11(2)17/h1,4-5,9,12H,6-8,10H2,2H3,(H,16,17). The molecule has 0 saturated carbocycles. The zero-order valence-corrected chi connectivity index (χ0v) is 12.2. The summed E-state index contributed by atoms with van der Waals surface area (Å²) in [5, 5.41) is 2.76. The quantitative estimate of drug-likeness (QED) is 0.666. The summed E-state index contributed by atoms with van der Waals surface area (Å²) in [6.07, 6.45) is 5.94. The van der Waals surface area contributed by atoms with Crippen molar-refractivity contribution in [1.29, 1.82) is 0 Å². The van der Waals surface area contributed by atoms with Crippen LogP contribution in [0.15, 0.2) is 23.1 Å². The minimum atomic E-state index is -0.0396. The smallest absolute Gasteiger partial charge is 0.216 e. The van der Waals surface area contributed by atoms with Gasteiger partial charge in [-0.1, -0.05) is 5.92 Å². The Bertz CT molecular complexity index is 524. The van der Waals surface area contributed by atoms with Crippen LogP contribution in [0.25, 0.3) is 0 Å². The zero-order valence-electron chi connectivity index (χ0n) is 11.3. The molecule has 1 aromatic carbocycles. The molecule has 0 aliphatic carbocycles. The summed E-state index contributed by atoms with van der Waals surface area (Å²) in [4.78, 5) is 11.9. The Labute approximate surface area is 123 Å². The summed E-state index contributed by atoms with van der Waals surface area (Å²) in [5.74, 6) is 4.69. The van der Waals surface area contributed by atoms with E-state index in [1.807, 2.05) is 18.2 Å². The first-order chi connectivity index (χ1) is 9.69. The monoisotopic (exact) mass is 291 g/mol. The number of thioether (sulfide) groups is 1. The lowest BCUT2D eigenvalue weighted by molar-refractivity contribution is -0.119. The van der Waals surface area contributed by atoms with Gasteiger partial charge in [-0.25, -0.2) is 0 Å². The molecule has 5 heteroatoms. The van der Waals surface area contributed by atoms with Gasteiger partial charge in [-0.3, -0.25) is 4.79 Å². The molecule has 0 bridgehead atoms. The Morgan fingerprint density at radius 3 is 3.15 bits per heavy atom. The summed E-state index contributed by atoms with van der Waals surface area (Å²) >= 11 is 1.59. The number of carbonyl (C=O) groups excluding carboxylic acids is 1. The number of amides is 1. The van der Waals surface area contributed by atoms with E-state index in [-0.39, 0.29) is 12.0 Å². The molecule has 4 nitrogen and oxygen atoms in total. The zero-order chi connectivity index (χ0) is 14.4. The summed E-state index contributed by atoms with van der Waals surface area (Å²) in [5.41, 5.74) is 0. The Kier molecular flexibility index (Phi) is 5.19. The first-order valence-corrected chi connectivity index (χ1v) is 7.42. The van der Waals surface area contributed by atoms with Crippen LogP contribution in [0.3, 0.4) is 0 Å². The van der Waals surface area contributed by atoms with Gasteiger partial charge in [0.2, 0.25) is 5.91 Å². The SMILES string of the molecule is C#CCSc1ccc2c(c1)OC(CCNC(C)=O)CO2. The van der Waals surface area contributed by atoms with Gasteiger partial charge < -0.3 is 14.8 Å². The number of hydrogen-bond acceptors (Lipinski definition) is 4. The molecule has 1 amide bonds. The van der Waals surface area contributed by atoms with Gasteiger partial charge in [-0.15, -0.1) is 18.2 Å². The number of fused-ring (bicyclic) bond motifs is 1. The fourth-order valence-corrected chi connectivity index (χ4v) is 2.47. The molecule has 20 heavy (non-hydrogen) atoms. The van der Waals surface area contributed by atoms with Gasteiger partial charge in [0.1, 0.15) is 12.7 Å². The fraction of sp³-hybridized carbons (Fsp3) is 0.400. The molecule has 1 aliphatic heterocycles. The van der Waals surface area contributed by atoms with E-state index in [1.165, 1.54) is 6.92 Å². The third kappa shape index (κ3) is 4.10. The van der Waals surface area contributed by atoms with Crippen LogP contribution < -0.4 is 14.8 Å². The van der Waals surface area contributed by atoms with Gasteiger partial charge in [0.15, 0.2) is 11.5 Å². The van der Waals surface area contributed by atoms with Crippen LogP contribution in [-0.4, -0.2) is 30.9 Å². The third-order valence-corrected chi connectivity index (χ3v) is 3.69. The largest absolute Gasteiger partial charge is 0.486 e. The van der Waals surface area contributed by atoms with E-state index >= 15 is 0 Å². The second-order valence-electron chi connectivity index (χ2n) is 4.42. The predicted octanol–water partition coefficient (Wildman–Crippen LogP) is 2.08. The van der Waals surface area contributed by atoms with Crippen LogP contribution in [-0.2, 0) is 4.79 Å². The normalized spacial score (nSPS) is 16.3. The Morgan fingerprint density at radius 2 is 2.40 bits per heavy atom. The van der Waals surface area contributed by atoms with Gasteiger partial charge in [-0.2, -0.15) is 0 Å². The molecule has 0 radical (unpaired) electrons. The Hall–Kier alpha value is -1.80. The highest BCUT2D eigenvalue weighted by molar-refractivity contribution is 7.99. The number of carbonyl (C=O) groups is 1. The van der Waals surface area contributed by atoms with Gasteiger partial charge in [-0.05, 0) is 18.2 Å². The number of rotatable bonds is 5. The van der Waals surface area contributed by atoms with E-state index < -0.39 is 0 Å². The molecule has 1 aromatic rings. The number of terminal acetylenes is 1. The third-order valence-electron chi connectivity index (χ3n) is 2.80. The van der Waals surface area contributed by atoms with Crippen molar-refractivity contribution >= 4 is 17.7 Å². The molecular formula is C15H17NO3S. The van der Waals surface area contributed by atoms with Crippen molar-refractivity contribution in [3.63, 3.8) is 0 Å². The maximum atomic E-state index is 10.8. The lowest BCUT2D eigenvalue weighted by Gasteiger charge is -2.26. The van der Waals surface area contributed by atoms with Crippen LogP contribution in [0, 0.1) is 12.3 Å². The molecule has 1 aliphatic rings. The molecule has 1 unspecified atom stereocenters. The Balaban J connectivity index is 1.93. The molecule has 1 heterocycles. The molecule has 1 atom stereocenters. The van der Waals surface area contributed by atoms with E-state index in [1.54, 1.807) is 11.8 Å². The predicted molar refractivity (Wildman–Crippen MR) is 79.2 cm³/mol. The van der Waals surface area contributed by atoms with Crippen LogP contribution in [0.4, 0.5) is 0 Å². The van der Waals surface area contributed by atoms with Gasteiger partial charge in [0, 0.05) is 24.8 Å². The van der Waals surface area contributed by atoms with Crippen LogP contribution in [0.2, 0.25) is 0 Å². The molecule has 2 rings (SSSR count). The lowest BCUT2D eigenvalue weighted by atomic mass is 10.2. The number of nitrogens with one attached hydrogen (secondary N) is 1. The van der Waals surface area contributed by atoms with Crippen LogP contribution >= 0.6 is 11.8 Å². The average Bonchev–Trinajstić information content (AvgIpc) is 2.44. The van der Waals surface area contributed by atoms with Gasteiger partial charge in [0.25, 0.3) is 0 Å². The molecule has 0 saturated heterocycles. The van der Waals surface area contributed by atoms with Crippen molar-refractivity contribution in [3.8, 4) is 23.8 Å². The maximum Gasteiger partial charge on any atom is 0.216 e. The number of benzene rings is 1. The van der Waals surface area contributed by atoms with Gasteiger partial charge in [0.05, 0.1) is 5.75 Å². The highest BCUT2D eigenvalue weighted by Crippen LogP contribution is 2.35. The lowest BCUT2D eigenvalue weighted by Crippen LogP contribution is -2.33. The van der Waals surface area contributed by atoms with Crippen molar-refractivity contribution in [2.24, 2.45) is 0 Å². The van der Waals surface area contributed by atoms with E-state index in [0.717, 1.165) is 22.8 Å². The fourth-order valence-electron chi connectivity index (χ4n) is 1.86. The van der Waals surface area contributed by atoms with Crippen molar-refractivity contribution in [2.75, 3.05) is 18.9 Å². The summed E-state index contributed by atoms with van der Waals surface area (Å²) < 4.78 is 11.6. The Morgan fingerprint density at radius 1 is 1.55 bits per heavy atom. The summed E-state index contributed by atoms with van der Waals surface area (Å²) in [7, 11) is 0. The van der Waals surface area contributed by atoms with E-state index in [0.29, 0.717) is 18.9 Å². The highest BCUT2D eigenvalue weighted by atomic mass is 32.2. The molecule has 106 valence electrons. The van der Waals surface area contributed by atoms with E-state index in [2.05, 4.69) is 11.2 Å². The molecular weight excluding hydrogens is 274 g/mol. The summed E-state index contributed by atoms with van der Waals surface area (Å²) in [6.45, 7) is 2.59. The minimum absolute atomic E-state index is 0.0323. The number of hydrogen-bond donors (Lipinski definition) is 1. The second-order valence-corrected chi connectivity index (χ2v) is 5.47. The van der Waals surface area contributed by atoms with E-state index in [9.17, 15) is 4.79 Å². The number of ether oxygens (including phenoxy) is 2. The van der Waals surface area contributed by atoms with Crippen LogP contribution in [0.1, 0.15) is 13.3 Å². The van der Waals surface area contributed by atoms with Crippen molar-refractivity contribution < 1.29 is 14.3 Å². The topological polar surface area (TPSA) is 47.6 Å². The summed E-state index contributed by atoms with van der Waals surface area (Å²) in [6, 6.07) is 5.82. The molecule has 0 fully saturated rings. The van der Waals surface area contributed by atoms with Crippen molar-refractivity contribution in [3.05, 3.63) is 18.2 Å². The molecule has 0 spiro atoms. The highest BCUT2D eigenvalue weighted by Gasteiger charge is 2.21. The van der Waals surface area contributed by atoms with Crippen LogP contribution in [0.5, 0.6) is 11.5 Å².